The van der Waals surface area contributed by atoms with E-state index in [-0.39, 0.29) is 5.69 Å². The molecule has 96 valence electrons. The van der Waals surface area contributed by atoms with E-state index in [9.17, 15) is 14.9 Å². The number of hydrogen-bond acceptors (Lipinski definition) is 5. The molecule has 1 atom stereocenters. The summed E-state index contributed by atoms with van der Waals surface area (Å²) in [6.45, 7) is 0.584. The molecule has 0 bridgehead atoms. The Kier molecular flexibility index (Phi) is 3.46. The standard InChI is InChI=1S/C10H10BrN3O4/c11-7-4-6(14(17)18)5-12-9(7)13-3-1-2-8(13)10(15)16/h4-5,8H,1-3H2,(H,15,16). The van der Waals surface area contributed by atoms with Crippen LogP contribution < -0.4 is 4.90 Å². The number of aliphatic carboxylic acids is 1. The van der Waals surface area contributed by atoms with Crippen LogP contribution in [0.25, 0.3) is 0 Å². The molecule has 2 heterocycles. The third-order valence-corrected chi connectivity index (χ3v) is 3.41. The summed E-state index contributed by atoms with van der Waals surface area (Å²) in [6, 6.07) is 0.717. The van der Waals surface area contributed by atoms with E-state index in [4.69, 9.17) is 5.11 Å². The number of carboxylic acids is 1. The van der Waals surface area contributed by atoms with Crippen LogP contribution in [0.5, 0.6) is 0 Å². The van der Waals surface area contributed by atoms with Crippen molar-refractivity contribution in [1.82, 2.24) is 4.98 Å². The van der Waals surface area contributed by atoms with E-state index in [1.165, 1.54) is 6.07 Å². The van der Waals surface area contributed by atoms with Crippen LogP contribution >= 0.6 is 15.9 Å². The van der Waals surface area contributed by atoms with Crippen molar-refractivity contribution < 1.29 is 14.8 Å². The molecule has 1 aliphatic heterocycles. The third-order valence-electron chi connectivity index (χ3n) is 2.83. The Hall–Kier alpha value is -1.70. The Morgan fingerprint density at radius 3 is 2.94 bits per heavy atom. The molecular weight excluding hydrogens is 306 g/mol. The lowest BCUT2D eigenvalue weighted by Gasteiger charge is -2.23. The second-order valence-electron chi connectivity index (χ2n) is 3.95. The number of rotatable bonds is 3. The zero-order chi connectivity index (χ0) is 13.3. The van der Waals surface area contributed by atoms with Crippen LogP contribution in [0.15, 0.2) is 16.7 Å². The fraction of sp³-hybridized carbons (Fsp3) is 0.400. The first-order valence-electron chi connectivity index (χ1n) is 5.30. The zero-order valence-electron chi connectivity index (χ0n) is 9.24. The molecule has 0 amide bonds. The molecular formula is C10H10BrN3O4. The van der Waals surface area contributed by atoms with Gasteiger partial charge in [0.15, 0.2) is 0 Å². The van der Waals surface area contributed by atoms with Crippen molar-refractivity contribution in [3.8, 4) is 0 Å². The smallest absolute Gasteiger partial charge is 0.326 e. The minimum atomic E-state index is -0.903. The van der Waals surface area contributed by atoms with Crippen LogP contribution in [0, 0.1) is 10.1 Å². The number of aromatic nitrogens is 1. The Morgan fingerprint density at radius 2 is 2.39 bits per heavy atom. The summed E-state index contributed by atoms with van der Waals surface area (Å²) in [7, 11) is 0. The largest absolute Gasteiger partial charge is 0.480 e. The molecule has 1 aliphatic rings. The van der Waals surface area contributed by atoms with Crippen LogP contribution in [0.1, 0.15) is 12.8 Å². The number of nitro groups is 1. The summed E-state index contributed by atoms with van der Waals surface area (Å²) in [5.41, 5.74) is -0.128. The average molecular weight is 316 g/mol. The average Bonchev–Trinajstić information content (AvgIpc) is 2.77. The third kappa shape index (κ3) is 2.28. The normalized spacial score (nSPS) is 18.9. The van der Waals surface area contributed by atoms with Crippen molar-refractivity contribution in [1.29, 1.82) is 0 Å². The summed E-state index contributed by atoms with van der Waals surface area (Å²) in [5.74, 6) is -0.468. The van der Waals surface area contributed by atoms with Gasteiger partial charge in [0.1, 0.15) is 18.1 Å². The van der Waals surface area contributed by atoms with Crippen molar-refractivity contribution in [3.63, 3.8) is 0 Å². The first-order chi connectivity index (χ1) is 8.50. The minimum Gasteiger partial charge on any atom is -0.480 e. The van der Waals surface area contributed by atoms with Crippen LogP contribution in [0.3, 0.4) is 0 Å². The maximum absolute atomic E-state index is 11.1. The van der Waals surface area contributed by atoms with Crippen LogP contribution in [-0.4, -0.2) is 33.6 Å². The molecule has 1 N–H and O–H groups in total. The molecule has 18 heavy (non-hydrogen) atoms. The van der Waals surface area contributed by atoms with Gasteiger partial charge in [-0.3, -0.25) is 10.1 Å². The Morgan fingerprint density at radius 1 is 1.67 bits per heavy atom. The number of nitrogens with zero attached hydrogens (tertiary/aromatic N) is 3. The highest BCUT2D eigenvalue weighted by molar-refractivity contribution is 9.10. The quantitative estimate of drug-likeness (QED) is 0.675. The molecule has 7 nitrogen and oxygen atoms in total. The molecule has 1 aromatic rings. The van der Waals surface area contributed by atoms with Gasteiger partial charge in [0, 0.05) is 12.6 Å². The van der Waals surface area contributed by atoms with Gasteiger partial charge in [-0.2, -0.15) is 0 Å². The summed E-state index contributed by atoms with van der Waals surface area (Å²) < 4.78 is 0.435. The number of hydrogen-bond donors (Lipinski definition) is 1. The predicted octanol–water partition coefficient (Wildman–Crippen LogP) is 1.81. The Balaban J connectivity index is 2.33. The SMILES string of the molecule is O=C(O)C1CCCN1c1ncc([N+](=O)[O-])cc1Br. The highest BCUT2D eigenvalue weighted by Gasteiger charge is 2.32. The van der Waals surface area contributed by atoms with Gasteiger partial charge in [0.25, 0.3) is 5.69 Å². The van der Waals surface area contributed by atoms with Crippen molar-refractivity contribution in [3.05, 3.63) is 26.9 Å². The van der Waals surface area contributed by atoms with Crippen molar-refractivity contribution >= 4 is 33.4 Å². The van der Waals surface area contributed by atoms with Gasteiger partial charge in [0.2, 0.25) is 0 Å². The molecule has 0 aromatic carbocycles. The molecule has 1 unspecified atom stereocenters. The first kappa shape index (κ1) is 12.7. The van der Waals surface area contributed by atoms with E-state index >= 15 is 0 Å². The molecule has 1 aromatic heterocycles. The summed E-state index contributed by atoms with van der Waals surface area (Å²) >= 11 is 3.20. The van der Waals surface area contributed by atoms with Crippen LogP contribution in [0.2, 0.25) is 0 Å². The van der Waals surface area contributed by atoms with Crippen molar-refractivity contribution in [2.24, 2.45) is 0 Å². The van der Waals surface area contributed by atoms with Crippen LogP contribution in [-0.2, 0) is 4.79 Å². The highest BCUT2D eigenvalue weighted by atomic mass is 79.9. The molecule has 1 saturated heterocycles. The number of anilines is 1. The lowest BCUT2D eigenvalue weighted by molar-refractivity contribution is -0.385. The number of halogens is 1. The number of carboxylic acid groups (broad SMARTS) is 1. The van der Waals surface area contributed by atoms with E-state index in [0.29, 0.717) is 23.3 Å². The van der Waals surface area contributed by atoms with Crippen molar-refractivity contribution in [2.75, 3.05) is 11.4 Å². The molecule has 2 rings (SSSR count). The first-order valence-corrected chi connectivity index (χ1v) is 6.09. The molecule has 0 spiro atoms. The lowest BCUT2D eigenvalue weighted by Crippen LogP contribution is -2.36. The zero-order valence-corrected chi connectivity index (χ0v) is 10.8. The fourth-order valence-corrected chi connectivity index (χ4v) is 2.57. The fourth-order valence-electron chi connectivity index (χ4n) is 2.01. The van der Waals surface area contributed by atoms with Gasteiger partial charge in [-0.15, -0.1) is 0 Å². The van der Waals surface area contributed by atoms with Crippen LogP contribution in [0.4, 0.5) is 11.5 Å². The van der Waals surface area contributed by atoms with E-state index in [0.717, 1.165) is 12.6 Å². The second-order valence-corrected chi connectivity index (χ2v) is 4.80. The molecule has 0 radical (unpaired) electrons. The molecule has 0 aliphatic carbocycles. The van der Waals surface area contributed by atoms with Gasteiger partial charge >= 0.3 is 5.97 Å². The molecule has 0 saturated carbocycles. The molecule has 1 fully saturated rings. The predicted molar refractivity (Wildman–Crippen MR) is 66.6 cm³/mol. The van der Waals surface area contributed by atoms with Gasteiger partial charge in [-0.1, -0.05) is 0 Å². The van der Waals surface area contributed by atoms with Gasteiger partial charge in [0.05, 0.1) is 9.40 Å². The topological polar surface area (TPSA) is 96.6 Å². The highest BCUT2D eigenvalue weighted by Crippen LogP contribution is 2.32. The van der Waals surface area contributed by atoms with E-state index in [1.54, 1.807) is 4.90 Å². The maximum atomic E-state index is 11.1. The summed E-state index contributed by atoms with van der Waals surface area (Å²) in [6.07, 6.45) is 2.46. The van der Waals surface area contributed by atoms with Crippen molar-refractivity contribution in [2.45, 2.75) is 18.9 Å². The monoisotopic (exact) mass is 315 g/mol. The summed E-state index contributed by atoms with van der Waals surface area (Å²) in [5, 5.41) is 19.7. The van der Waals surface area contributed by atoms with Gasteiger partial charge < -0.3 is 10.0 Å². The molecule has 8 heteroatoms. The van der Waals surface area contributed by atoms with E-state index in [1.807, 2.05) is 0 Å². The van der Waals surface area contributed by atoms with Gasteiger partial charge in [-0.05, 0) is 28.8 Å². The summed E-state index contributed by atoms with van der Waals surface area (Å²) in [4.78, 5) is 26.8. The van der Waals surface area contributed by atoms with E-state index < -0.39 is 16.9 Å². The number of carbonyl (C=O) groups is 1. The minimum absolute atomic E-state index is 0.128. The van der Waals surface area contributed by atoms with E-state index in [2.05, 4.69) is 20.9 Å². The number of pyridine rings is 1. The Labute approximate surface area is 111 Å². The van der Waals surface area contributed by atoms with Gasteiger partial charge in [-0.25, -0.2) is 9.78 Å². The second kappa shape index (κ2) is 4.89. The Bertz CT molecular complexity index is 508. The maximum Gasteiger partial charge on any atom is 0.326 e. The lowest BCUT2D eigenvalue weighted by atomic mass is 10.2.